The number of hydrogen-bond donors (Lipinski definition) is 0. The third-order valence-corrected chi connectivity index (χ3v) is 3.91. The van der Waals surface area contributed by atoms with Gasteiger partial charge in [-0.25, -0.2) is 4.79 Å². The van der Waals surface area contributed by atoms with Crippen molar-refractivity contribution in [2.24, 2.45) is 0 Å². The summed E-state index contributed by atoms with van der Waals surface area (Å²) in [6, 6.07) is 1.50. The monoisotopic (exact) mass is 293 g/mol. The van der Waals surface area contributed by atoms with Gasteiger partial charge in [0.05, 0.1) is 24.8 Å². The van der Waals surface area contributed by atoms with Crippen LogP contribution < -0.4 is 5.56 Å². The Morgan fingerprint density at radius 2 is 2.19 bits per heavy atom. The Kier molecular flexibility index (Phi) is 5.17. The number of carbonyl (C=O) groups excluding carboxylic acids is 1. The zero-order chi connectivity index (χ0) is 15.4. The van der Waals surface area contributed by atoms with Gasteiger partial charge in [0.2, 0.25) is 0 Å². The number of aryl methyl sites for hydroxylation is 1. The molecule has 0 spiro atoms. The topological polar surface area (TPSA) is 57.5 Å². The van der Waals surface area contributed by atoms with Crippen LogP contribution in [0.1, 0.15) is 47.8 Å². The average molecular weight is 293 g/mol. The van der Waals surface area contributed by atoms with Crippen molar-refractivity contribution in [2.75, 3.05) is 13.2 Å². The number of carbonyl (C=O) groups is 1. The largest absolute Gasteiger partial charge is 0.462 e. The maximum atomic E-state index is 12.2. The van der Waals surface area contributed by atoms with Crippen molar-refractivity contribution in [1.29, 1.82) is 0 Å². The van der Waals surface area contributed by atoms with Gasteiger partial charge in [0, 0.05) is 18.4 Å². The normalized spacial score (nSPS) is 18.5. The molecule has 1 atom stereocenters. The minimum atomic E-state index is -0.370. The summed E-state index contributed by atoms with van der Waals surface area (Å²) in [5, 5.41) is 0. The number of aromatic nitrogens is 1. The van der Waals surface area contributed by atoms with E-state index < -0.39 is 0 Å². The minimum absolute atomic E-state index is 0.0490. The van der Waals surface area contributed by atoms with E-state index in [1.54, 1.807) is 25.3 Å². The van der Waals surface area contributed by atoms with Gasteiger partial charge in [0.25, 0.3) is 5.56 Å². The van der Waals surface area contributed by atoms with Gasteiger partial charge in [-0.15, -0.1) is 0 Å². The van der Waals surface area contributed by atoms with Gasteiger partial charge < -0.3 is 14.0 Å². The van der Waals surface area contributed by atoms with Crippen LogP contribution in [-0.2, 0) is 16.0 Å². The molecule has 5 heteroatoms. The molecule has 116 valence electrons. The van der Waals surface area contributed by atoms with Crippen LogP contribution in [-0.4, -0.2) is 29.9 Å². The summed E-state index contributed by atoms with van der Waals surface area (Å²) < 4.78 is 12.4. The van der Waals surface area contributed by atoms with Crippen LogP contribution in [0.3, 0.4) is 0 Å². The van der Waals surface area contributed by atoms with Crippen molar-refractivity contribution in [1.82, 2.24) is 4.57 Å². The average Bonchev–Trinajstić information content (AvgIpc) is 2.44. The predicted molar refractivity (Wildman–Crippen MR) is 79.7 cm³/mol. The number of esters is 1. The van der Waals surface area contributed by atoms with E-state index in [1.807, 2.05) is 0 Å². The van der Waals surface area contributed by atoms with E-state index in [2.05, 4.69) is 0 Å². The number of nitrogens with zero attached hydrogens (tertiary/aromatic N) is 1. The van der Waals surface area contributed by atoms with E-state index in [0.29, 0.717) is 30.0 Å². The van der Waals surface area contributed by atoms with Gasteiger partial charge in [-0.2, -0.15) is 0 Å². The molecule has 0 bridgehead atoms. The van der Waals surface area contributed by atoms with E-state index in [1.165, 1.54) is 6.07 Å². The smallest absolute Gasteiger partial charge is 0.340 e. The van der Waals surface area contributed by atoms with Gasteiger partial charge in [-0.05, 0) is 45.6 Å². The second kappa shape index (κ2) is 6.89. The Hall–Kier alpha value is -1.62. The SMILES string of the molecule is CCOC(=O)c1c(C)cc(=O)n(CC2CCCCO2)c1C. The third kappa shape index (κ3) is 3.53. The molecule has 0 aliphatic carbocycles. The lowest BCUT2D eigenvalue weighted by Gasteiger charge is -2.25. The summed E-state index contributed by atoms with van der Waals surface area (Å²) in [7, 11) is 0. The standard InChI is InChI=1S/C16H23NO4/c1-4-20-16(19)15-11(2)9-14(18)17(12(15)3)10-13-7-5-6-8-21-13/h9,13H,4-8,10H2,1-3H3. The number of hydrogen-bond acceptors (Lipinski definition) is 4. The van der Waals surface area contributed by atoms with Crippen LogP contribution in [0.4, 0.5) is 0 Å². The maximum Gasteiger partial charge on any atom is 0.340 e. The third-order valence-electron chi connectivity index (χ3n) is 3.91. The van der Waals surface area contributed by atoms with E-state index in [9.17, 15) is 9.59 Å². The second-order valence-electron chi connectivity index (χ2n) is 5.45. The highest BCUT2D eigenvalue weighted by atomic mass is 16.5. The molecule has 0 radical (unpaired) electrons. The molecule has 1 unspecified atom stereocenters. The van der Waals surface area contributed by atoms with Gasteiger partial charge in [0.15, 0.2) is 0 Å². The van der Waals surface area contributed by atoms with E-state index in [-0.39, 0.29) is 17.6 Å². The Balaban J connectivity index is 2.34. The summed E-state index contributed by atoms with van der Waals surface area (Å²) in [4.78, 5) is 24.3. The fraction of sp³-hybridized carbons (Fsp3) is 0.625. The molecular formula is C16H23NO4. The van der Waals surface area contributed by atoms with Crippen molar-refractivity contribution in [3.63, 3.8) is 0 Å². The quantitative estimate of drug-likeness (QED) is 0.799. The van der Waals surface area contributed by atoms with Crippen molar-refractivity contribution in [3.8, 4) is 0 Å². The van der Waals surface area contributed by atoms with E-state index in [4.69, 9.17) is 9.47 Å². The zero-order valence-electron chi connectivity index (χ0n) is 13.0. The van der Waals surface area contributed by atoms with Crippen LogP contribution in [0.15, 0.2) is 10.9 Å². The van der Waals surface area contributed by atoms with Crippen molar-refractivity contribution < 1.29 is 14.3 Å². The highest BCUT2D eigenvalue weighted by molar-refractivity contribution is 5.92. The highest BCUT2D eigenvalue weighted by Gasteiger charge is 2.21. The lowest BCUT2D eigenvalue weighted by atomic mass is 10.1. The Bertz CT molecular complexity index is 570. The van der Waals surface area contributed by atoms with Crippen molar-refractivity contribution in [3.05, 3.63) is 33.2 Å². The lowest BCUT2D eigenvalue weighted by Crippen LogP contribution is -2.33. The molecule has 0 saturated carbocycles. The van der Waals surface area contributed by atoms with Crippen molar-refractivity contribution in [2.45, 2.75) is 52.7 Å². The maximum absolute atomic E-state index is 12.2. The molecule has 5 nitrogen and oxygen atoms in total. The molecule has 1 saturated heterocycles. The fourth-order valence-corrected chi connectivity index (χ4v) is 2.81. The molecular weight excluding hydrogens is 270 g/mol. The molecule has 0 N–H and O–H groups in total. The Morgan fingerprint density at radius 3 is 2.81 bits per heavy atom. The predicted octanol–water partition coefficient (Wildman–Crippen LogP) is 2.21. The lowest BCUT2D eigenvalue weighted by molar-refractivity contribution is 0.00496. The summed E-state index contributed by atoms with van der Waals surface area (Å²) in [6.07, 6.45) is 3.20. The summed E-state index contributed by atoms with van der Waals surface area (Å²) in [5.74, 6) is -0.370. The van der Waals surface area contributed by atoms with Gasteiger partial charge >= 0.3 is 5.97 Å². The molecule has 1 aliphatic heterocycles. The van der Waals surface area contributed by atoms with Crippen LogP contribution >= 0.6 is 0 Å². The molecule has 2 rings (SSSR count). The van der Waals surface area contributed by atoms with Gasteiger partial charge in [-0.1, -0.05) is 0 Å². The molecule has 1 aliphatic rings. The summed E-state index contributed by atoms with van der Waals surface area (Å²) in [5.41, 5.74) is 1.73. The number of rotatable bonds is 4. The molecule has 1 aromatic rings. The van der Waals surface area contributed by atoms with Crippen LogP contribution in [0.5, 0.6) is 0 Å². The minimum Gasteiger partial charge on any atom is -0.462 e. The van der Waals surface area contributed by atoms with E-state index in [0.717, 1.165) is 25.9 Å². The first kappa shape index (κ1) is 15.8. The first-order valence-corrected chi connectivity index (χ1v) is 7.54. The molecule has 2 heterocycles. The molecule has 1 aromatic heterocycles. The molecule has 21 heavy (non-hydrogen) atoms. The first-order valence-electron chi connectivity index (χ1n) is 7.54. The zero-order valence-corrected chi connectivity index (χ0v) is 13.0. The van der Waals surface area contributed by atoms with Crippen LogP contribution in [0.25, 0.3) is 0 Å². The van der Waals surface area contributed by atoms with Crippen LogP contribution in [0, 0.1) is 13.8 Å². The molecule has 0 amide bonds. The van der Waals surface area contributed by atoms with E-state index >= 15 is 0 Å². The van der Waals surface area contributed by atoms with Gasteiger partial charge in [0.1, 0.15) is 0 Å². The molecule has 1 fully saturated rings. The Morgan fingerprint density at radius 1 is 1.43 bits per heavy atom. The second-order valence-corrected chi connectivity index (χ2v) is 5.45. The van der Waals surface area contributed by atoms with Crippen molar-refractivity contribution >= 4 is 5.97 Å². The number of ether oxygens (including phenoxy) is 2. The van der Waals surface area contributed by atoms with Gasteiger partial charge in [-0.3, -0.25) is 4.79 Å². The first-order chi connectivity index (χ1) is 10.0. The highest BCUT2D eigenvalue weighted by Crippen LogP contribution is 2.17. The number of pyridine rings is 1. The summed E-state index contributed by atoms with van der Waals surface area (Å²) >= 11 is 0. The summed E-state index contributed by atoms with van der Waals surface area (Å²) in [6.45, 7) is 6.90. The van der Waals surface area contributed by atoms with Crippen LogP contribution in [0.2, 0.25) is 0 Å². The molecule has 0 aromatic carbocycles. The Labute approximate surface area is 124 Å². The fourth-order valence-electron chi connectivity index (χ4n) is 2.81.